The number of nitrogens with one attached hydrogen (secondary N) is 2. The van der Waals surface area contributed by atoms with Crippen molar-refractivity contribution in [3.63, 3.8) is 0 Å². The van der Waals surface area contributed by atoms with Crippen LogP contribution in [0, 0.1) is 10.1 Å². The van der Waals surface area contributed by atoms with Crippen LogP contribution in [0.5, 0.6) is 0 Å². The van der Waals surface area contributed by atoms with Crippen LogP contribution in [0.4, 0.5) is 0 Å². The highest BCUT2D eigenvalue weighted by molar-refractivity contribution is 5.79. The van der Waals surface area contributed by atoms with E-state index >= 15 is 0 Å². The molecule has 2 N–H and O–H groups in total. The fourth-order valence-corrected chi connectivity index (χ4v) is 0.726. The zero-order valence-corrected chi connectivity index (χ0v) is 6.48. The molecule has 1 aliphatic heterocycles. The Morgan fingerprint density at radius 3 is 2.67 bits per heavy atom. The lowest BCUT2D eigenvalue weighted by atomic mass is 10.7. The molecular formula is C4H9N5O3. The molecule has 8 nitrogen and oxygen atoms in total. The average Bonchev–Trinajstić information content (AvgIpc) is 2.05. The van der Waals surface area contributed by atoms with Gasteiger partial charge in [0.05, 0.1) is 20.4 Å². The smallest absolute Gasteiger partial charge is 0.270 e. The summed E-state index contributed by atoms with van der Waals surface area (Å²) in [7, 11) is 1.51. The lowest BCUT2D eigenvalue weighted by molar-refractivity contribution is -0.485. The highest BCUT2D eigenvalue weighted by atomic mass is 16.7. The monoisotopic (exact) mass is 175 g/mol. The predicted octanol–water partition coefficient (Wildman–Crippen LogP) is -1.49. The molecular weight excluding hydrogens is 166 g/mol. The molecule has 0 amide bonds. The van der Waals surface area contributed by atoms with Gasteiger partial charge in [-0.15, -0.1) is 0 Å². The summed E-state index contributed by atoms with van der Waals surface area (Å²) in [4.78, 5) is 14.7. The van der Waals surface area contributed by atoms with Crippen LogP contribution >= 0.6 is 0 Å². The zero-order chi connectivity index (χ0) is 8.97. The van der Waals surface area contributed by atoms with Crippen molar-refractivity contribution in [2.75, 3.05) is 20.4 Å². The lowest BCUT2D eigenvalue weighted by Crippen LogP contribution is -2.54. The molecule has 0 atom stereocenters. The number of guanidine groups is 1. The van der Waals surface area contributed by atoms with Crippen LogP contribution in [-0.4, -0.2) is 36.5 Å². The van der Waals surface area contributed by atoms with E-state index in [1.54, 1.807) is 5.06 Å². The maximum atomic E-state index is 9.91. The Balaban J connectivity index is 2.40. The van der Waals surface area contributed by atoms with E-state index < -0.39 is 5.03 Å². The average molecular weight is 175 g/mol. The summed E-state index contributed by atoms with van der Waals surface area (Å²) >= 11 is 0. The van der Waals surface area contributed by atoms with Crippen LogP contribution in [0.15, 0.2) is 5.10 Å². The van der Waals surface area contributed by atoms with Gasteiger partial charge in [-0.25, -0.2) is 10.1 Å². The van der Waals surface area contributed by atoms with E-state index in [0.717, 1.165) is 0 Å². The van der Waals surface area contributed by atoms with Crippen LogP contribution in [-0.2, 0) is 4.84 Å². The fraction of sp³-hybridized carbons (Fsp3) is 0.750. The second kappa shape index (κ2) is 3.83. The van der Waals surface area contributed by atoms with Crippen LogP contribution in [0.3, 0.4) is 0 Å². The van der Waals surface area contributed by atoms with Gasteiger partial charge in [0.2, 0.25) is 0 Å². The molecule has 1 rings (SSSR count). The number of hydrogen-bond donors (Lipinski definition) is 2. The van der Waals surface area contributed by atoms with Gasteiger partial charge in [0, 0.05) is 0 Å². The summed E-state index contributed by atoms with van der Waals surface area (Å²) in [5.74, 6) is 0.147. The van der Waals surface area contributed by atoms with Gasteiger partial charge in [-0.1, -0.05) is 0 Å². The molecule has 0 aromatic rings. The molecule has 12 heavy (non-hydrogen) atoms. The first-order chi connectivity index (χ1) is 5.72. The van der Waals surface area contributed by atoms with Gasteiger partial charge < -0.3 is 10.6 Å². The number of hydrazone groups is 1. The van der Waals surface area contributed by atoms with Gasteiger partial charge >= 0.3 is 0 Å². The maximum Gasteiger partial charge on any atom is 0.270 e. The SMILES string of the molecule is CON1CNC(=N[N+](=O)[O-])NC1. The second-order valence-corrected chi connectivity index (χ2v) is 2.02. The Kier molecular flexibility index (Phi) is 2.77. The predicted molar refractivity (Wildman–Crippen MR) is 39.3 cm³/mol. The van der Waals surface area contributed by atoms with Gasteiger partial charge in [0.15, 0.2) is 5.03 Å². The molecule has 0 aliphatic carbocycles. The molecule has 0 spiro atoms. The third-order valence-electron chi connectivity index (χ3n) is 1.29. The molecule has 1 fully saturated rings. The molecule has 8 heteroatoms. The zero-order valence-electron chi connectivity index (χ0n) is 6.48. The van der Waals surface area contributed by atoms with Gasteiger partial charge in [0.1, 0.15) is 5.10 Å². The van der Waals surface area contributed by atoms with Crippen LogP contribution in [0.1, 0.15) is 0 Å². The van der Waals surface area contributed by atoms with Gasteiger partial charge in [-0.05, 0) is 0 Å². The summed E-state index contributed by atoms with van der Waals surface area (Å²) in [5, 5.41) is 19.0. The maximum absolute atomic E-state index is 9.91. The Morgan fingerprint density at radius 1 is 1.67 bits per heavy atom. The van der Waals surface area contributed by atoms with Crippen LogP contribution < -0.4 is 10.6 Å². The highest BCUT2D eigenvalue weighted by Crippen LogP contribution is 1.88. The highest BCUT2D eigenvalue weighted by Gasteiger charge is 2.14. The molecule has 1 aliphatic rings. The summed E-state index contributed by atoms with van der Waals surface area (Å²) in [6.07, 6.45) is 0. The van der Waals surface area contributed by atoms with Crippen molar-refractivity contribution < 1.29 is 9.87 Å². The minimum atomic E-state index is -0.766. The number of nitro groups is 1. The Hall–Kier alpha value is -1.41. The minimum absolute atomic E-state index is 0.147. The van der Waals surface area contributed by atoms with E-state index in [2.05, 4.69) is 15.7 Å². The normalized spacial score (nSPS) is 17.9. The molecule has 0 saturated carbocycles. The number of hydroxylamine groups is 2. The molecule has 0 aromatic carbocycles. The quantitative estimate of drug-likeness (QED) is 0.392. The topological polar surface area (TPSA) is 92.0 Å². The molecule has 0 unspecified atom stereocenters. The Bertz CT molecular complexity index is 195. The third kappa shape index (κ3) is 2.32. The van der Waals surface area contributed by atoms with Crippen LogP contribution in [0.25, 0.3) is 0 Å². The summed E-state index contributed by atoms with van der Waals surface area (Å²) in [5.41, 5.74) is 0. The standard InChI is InChI=1S/C4H9N5O3/c1-12-8-2-5-4(6-3-8)7-9(10)11/h2-3H2,1H3,(H2,5,6,7). The van der Waals surface area contributed by atoms with Crippen molar-refractivity contribution in [3.8, 4) is 0 Å². The van der Waals surface area contributed by atoms with Crippen molar-refractivity contribution in [3.05, 3.63) is 10.1 Å². The Morgan fingerprint density at radius 2 is 2.25 bits per heavy atom. The minimum Gasteiger partial charge on any atom is -0.336 e. The lowest BCUT2D eigenvalue weighted by Gasteiger charge is -2.25. The molecule has 0 bridgehead atoms. The van der Waals surface area contributed by atoms with Crippen molar-refractivity contribution >= 4 is 5.96 Å². The van der Waals surface area contributed by atoms with Crippen molar-refractivity contribution in [2.45, 2.75) is 0 Å². The third-order valence-corrected chi connectivity index (χ3v) is 1.29. The van der Waals surface area contributed by atoms with E-state index in [-0.39, 0.29) is 5.96 Å². The molecule has 1 heterocycles. The first-order valence-corrected chi connectivity index (χ1v) is 3.22. The molecule has 68 valence electrons. The van der Waals surface area contributed by atoms with Crippen LogP contribution in [0.2, 0.25) is 0 Å². The van der Waals surface area contributed by atoms with E-state index in [9.17, 15) is 10.1 Å². The first kappa shape index (κ1) is 8.68. The first-order valence-electron chi connectivity index (χ1n) is 3.22. The summed E-state index contributed by atoms with van der Waals surface area (Å²) in [6.45, 7) is 0.742. The summed E-state index contributed by atoms with van der Waals surface area (Å²) in [6, 6.07) is 0. The van der Waals surface area contributed by atoms with Gasteiger partial charge in [-0.3, -0.25) is 4.84 Å². The summed E-state index contributed by atoms with van der Waals surface area (Å²) < 4.78 is 0. The number of hydrogen-bond acceptors (Lipinski definition) is 4. The van der Waals surface area contributed by atoms with E-state index in [1.165, 1.54) is 7.11 Å². The largest absolute Gasteiger partial charge is 0.336 e. The van der Waals surface area contributed by atoms with E-state index in [4.69, 9.17) is 4.84 Å². The Labute approximate surface area is 68.3 Å². The van der Waals surface area contributed by atoms with E-state index in [0.29, 0.717) is 13.3 Å². The number of nitrogens with zero attached hydrogens (tertiary/aromatic N) is 3. The van der Waals surface area contributed by atoms with Crippen molar-refractivity contribution in [1.29, 1.82) is 0 Å². The molecule has 0 radical (unpaired) electrons. The fourth-order valence-electron chi connectivity index (χ4n) is 0.726. The van der Waals surface area contributed by atoms with Gasteiger partial charge in [-0.2, -0.15) is 5.06 Å². The molecule has 1 saturated heterocycles. The van der Waals surface area contributed by atoms with Crippen molar-refractivity contribution in [2.24, 2.45) is 5.10 Å². The molecule has 0 aromatic heterocycles. The van der Waals surface area contributed by atoms with Crippen molar-refractivity contribution in [1.82, 2.24) is 15.7 Å². The second-order valence-electron chi connectivity index (χ2n) is 2.02. The number of rotatable bonds is 2. The van der Waals surface area contributed by atoms with Gasteiger partial charge in [0.25, 0.3) is 5.96 Å². The van der Waals surface area contributed by atoms with E-state index in [1.807, 2.05) is 0 Å².